The first kappa shape index (κ1) is 28.6. The van der Waals surface area contributed by atoms with Gasteiger partial charge in [-0.25, -0.2) is 13.2 Å². The normalized spacial score (nSPS) is 16.1. The number of Topliss-reactive ketones (excluding diaryl/α,β-unsaturated/α-hetero) is 1. The maximum atomic E-state index is 13.4. The first-order valence-corrected chi connectivity index (χ1v) is 13.1. The van der Waals surface area contributed by atoms with Crippen LogP contribution in [0, 0.1) is 16.7 Å². The fraction of sp³-hybridized carbons (Fsp3) is 0.360. The van der Waals surface area contributed by atoms with Crippen LogP contribution in [0.1, 0.15) is 50.4 Å². The zero-order valence-corrected chi connectivity index (χ0v) is 21.7. The molecule has 1 unspecified atom stereocenters. The van der Waals surface area contributed by atoms with Gasteiger partial charge in [-0.1, -0.05) is 26.8 Å². The van der Waals surface area contributed by atoms with E-state index in [9.17, 15) is 41.5 Å². The Morgan fingerprint density at radius 1 is 1.13 bits per heavy atom. The van der Waals surface area contributed by atoms with Crippen molar-refractivity contribution in [2.75, 3.05) is 11.6 Å². The quantitative estimate of drug-likeness (QED) is 0.472. The molecule has 1 aromatic carbocycles. The van der Waals surface area contributed by atoms with Crippen LogP contribution in [0.25, 0.3) is 0 Å². The molecule has 1 atom stereocenters. The number of sulfone groups is 1. The second-order valence-electron chi connectivity index (χ2n) is 9.85. The Labute approximate surface area is 217 Å². The van der Waals surface area contributed by atoms with Gasteiger partial charge in [-0.2, -0.15) is 18.4 Å². The topological polar surface area (TPSA) is 149 Å². The molecule has 38 heavy (non-hydrogen) atoms. The average molecular weight is 551 g/mol. The number of amides is 1. The molecule has 0 radical (unpaired) electrons. The van der Waals surface area contributed by atoms with Crippen LogP contribution >= 0.6 is 0 Å². The average Bonchev–Trinajstić information content (AvgIpc) is 3.15. The van der Waals surface area contributed by atoms with E-state index < -0.39 is 44.5 Å². The van der Waals surface area contributed by atoms with Crippen molar-refractivity contribution in [1.29, 1.82) is 5.26 Å². The first-order valence-electron chi connectivity index (χ1n) is 11.2. The predicted molar refractivity (Wildman–Crippen MR) is 131 cm³/mol. The zero-order valence-electron chi connectivity index (χ0n) is 20.9. The van der Waals surface area contributed by atoms with Crippen LogP contribution in [-0.4, -0.2) is 36.6 Å². The molecule has 202 valence electrons. The summed E-state index contributed by atoms with van der Waals surface area (Å²) in [6, 6.07) is 7.54. The lowest BCUT2D eigenvalue weighted by Gasteiger charge is -2.47. The molecule has 1 aromatic heterocycles. The van der Waals surface area contributed by atoms with Crippen LogP contribution in [0.4, 0.5) is 23.7 Å². The van der Waals surface area contributed by atoms with E-state index in [1.54, 1.807) is 20.8 Å². The van der Waals surface area contributed by atoms with Gasteiger partial charge in [0.25, 0.3) is 0 Å². The number of nitrogens with zero attached hydrogens (tertiary/aromatic N) is 2. The number of carbonyl (C=O) groups is 2. The van der Waals surface area contributed by atoms with Crippen LogP contribution in [0.5, 0.6) is 0 Å². The minimum atomic E-state index is -4.73. The molecular weight excluding hydrogens is 525 g/mol. The van der Waals surface area contributed by atoms with Gasteiger partial charge in [0.15, 0.2) is 15.6 Å². The van der Waals surface area contributed by atoms with E-state index in [1.165, 1.54) is 18.2 Å². The molecule has 0 aliphatic heterocycles. The molecule has 13 heteroatoms. The summed E-state index contributed by atoms with van der Waals surface area (Å²) in [5.74, 6) is -0.523. The van der Waals surface area contributed by atoms with Gasteiger partial charge in [0.1, 0.15) is 11.2 Å². The van der Waals surface area contributed by atoms with E-state index in [2.05, 4.69) is 15.6 Å². The third-order valence-corrected chi connectivity index (χ3v) is 7.37. The molecule has 2 aromatic rings. The lowest BCUT2D eigenvalue weighted by molar-refractivity contribution is -0.141. The number of hydrogen-bond donors (Lipinski definition) is 3. The van der Waals surface area contributed by atoms with Crippen molar-refractivity contribution >= 4 is 27.4 Å². The highest BCUT2D eigenvalue weighted by Crippen LogP contribution is 2.51. The highest BCUT2D eigenvalue weighted by atomic mass is 32.2. The first-order chi connectivity index (χ1) is 17.4. The summed E-state index contributed by atoms with van der Waals surface area (Å²) in [5, 5.41) is 24.5. The minimum Gasteiger partial charge on any atom is -0.465 e. The van der Waals surface area contributed by atoms with Crippen molar-refractivity contribution < 1.29 is 36.3 Å². The van der Waals surface area contributed by atoms with E-state index in [-0.39, 0.29) is 45.8 Å². The molecule has 3 rings (SSSR count). The van der Waals surface area contributed by atoms with Crippen LogP contribution in [-0.2, 0) is 26.3 Å². The van der Waals surface area contributed by atoms with Gasteiger partial charge in [0.2, 0.25) is 0 Å². The van der Waals surface area contributed by atoms with Crippen molar-refractivity contribution in [3.8, 4) is 6.07 Å². The highest BCUT2D eigenvalue weighted by Gasteiger charge is 2.54. The number of benzene rings is 1. The number of carboxylic acid groups (broad SMARTS) is 1. The number of nitrogens with one attached hydrogen (secondary N) is 2. The summed E-state index contributed by atoms with van der Waals surface area (Å²) in [7, 11) is -4.06. The fourth-order valence-electron chi connectivity index (χ4n) is 4.65. The Morgan fingerprint density at radius 3 is 2.32 bits per heavy atom. The SMILES string of the molecule is CC(C)(C)C(NC(=O)O)(C1=C(Nc2ccnc(C(F)(F)F)c2)CCC1=O)c1ccc(C#N)cc1S(C)(=O)=O. The van der Waals surface area contributed by atoms with E-state index in [0.29, 0.717) is 0 Å². The molecule has 9 nitrogen and oxygen atoms in total. The number of alkyl halides is 3. The van der Waals surface area contributed by atoms with Crippen molar-refractivity contribution in [3.63, 3.8) is 0 Å². The van der Waals surface area contributed by atoms with Gasteiger partial charge >= 0.3 is 12.3 Å². The van der Waals surface area contributed by atoms with Crippen LogP contribution in [0.15, 0.2) is 52.7 Å². The smallest absolute Gasteiger partial charge is 0.433 e. The fourth-order valence-corrected chi connectivity index (χ4v) is 5.62. The molecule has 0 bridgehead atoms. The number of nitriles is 1. The molecule has 0 saturated carbocycles. The maximum absolute atomic E-state index is 13.4. The summed E-state index contributed by atoms with van der Waals surface area (Å²) in [5.41, 5.74) is -4.51. The summed E-state index contributed by atoms with van der Waals surface area (Å²) >= 11 is 0. The van der Waals surface area contributed by atoms with Gasteiger partial charge in [0, 0.05) is 41.4 Å². The van der Waals surface area contributed by atoms with Crippen molar-refractivity contribution in [2.24, 2.45) is 5.41 Å². The number of rotatable bonds is 6. The van der Waals surface area contributed by atoms with Crippen LogP contribution < -0.4 is 10.6 Å². The minimum absolute atomic E-state index is 0.00569. The second-order valence-corrected chi connectivity index (χ2v) is 11.8. The lowest BCUT2D eigenvalue weighted by Crippen LogP contribution is -2.57. The van der Waals surface area contributed by atoms with E-state index in [0.717, 1.165) is 24.6 Å². The van der Waals surface area contributed by atoms with Crippen molar-refractivity contribution in [3.05, 3.63) is 64.6 Å². The number of pyridine rings is 1. The van der Waals surface area contributed by atoms with Gasteiger partial charge in [0.05, 0.1) is 16.5 Å². The standard InChI is InChI=1S/C25H25F3N4O5S/c1-23(2,3)24(32-22(34)35,16-6-5-14(13-29)11-19(16)38(4,36)37)21-17(7-8-18(21)33)31-15-9-10-30-20(12-15)25(26,27)28/h5-6,9-12,32H,7-8H2,1-4H3,(H,30,31)(H,34,35). The third-order valence-electron chi connectivity index (χ3n) is 6.24. The van der Waals surface area contributed by atoms with Crippen LogP contribution in [0.2, 0.25) is 0 Å². The molecule has 3 N–H and O–H groups in total. The molecule has 1 aliphatic rings. The predicted octanol–water partition coefficient (Wildman–Crippen LogP) is 4.61. The van der Waals surface area contributed by atoms with Crippen molar-refractivity contribution in [2.45, 2.75) is 50.2 Å². The number of ketones is 1. The summed E-state index contributed by atoms with van der Waals surface area (Å²) < 4.78 is 65.4. The Morgan fingerprint density at radius 2 is 1.79 bits per heavy atom. The Balaban J connectivity index is 2.42. The summed E-state index contributed by atoms with van der Waals surface area (Å²) in [6.45, 7) is 4.78. The monoisotopic (exact) mass is 550 g/mol. The van der Waals surface area contributed by atoms with Crippen molar-refractivity contribution in [1.82, 2.24) is 10.3 Å². The van der Waals surface area contributed by atoms with Gasteiger partial charge in [-0.15, -0.1) is 0 Å². The molecule has 0 fully saturated rings. The number of hydrogen-bond acceptors (Lipinski definition) is 7. The van der Waals surface area contributed by atoms with Gasteiger partial charge in [-0.3, -0.25) is 9.78 Å². The largest absolute Gasteiger partial charge is 0.465 e. The maximum Gasteiger partial charge on any atom is 0.433 e. The zero-order chi connectivity index (χ0) is 28.7. The Kier molecular flexibility index (Phi) is 7.35. The molecule has 1 aliphatic carbocycles. The third kappa shape index (κ3) is 5.35. The molecular formula is C25H25F3N4O5S. The Hall–Kier alpha value is -3.92. The van der Waals surface area contributed by atoms with E-state index in [1.807, 2.05) is 6.07 Å². The van der Waals surface area contributed by atoms with E-state index >= 15 is 0 Å². The molecule has 1 amide bonds. The highest BCUT2D eigenvalue weighted by molar-refractivity contribution is 7.90. The number of allylic oxidation sites excluding steroid dienone is 1. The lowest BCUT2D eigenvalue weighted by atomic mass is 9.64. The van der Waals surface area contributed by atoms with Gasteiger partial charge < -0.3 is 15.7 Å². The molecule has 0 saturated heterocycles. The number of carbonyl (C=O) groups excluding carboxylic acids is 1. The Bertz CT molecular complexity index is 1490. The van der Waals surface area contributed by atoms with Gasteiger partial charge in [-0.05, 0) is 36.1 Å². The molecule has 1 heterocycles. The molecule has 0 spiro atoms. The summed E-state index contributed by atoms with van der Waals surface area (Å²) in [6.07, 6.45) is -4.54. The summed E-state index contributed by atoms with van der Waals surface area (Å²) in [4.78, 5) is 28.6. The number of aromatic nitrogens is 1. The number of halogens is 3. The second kappa shape index (κ2) is 9.75. The van der Waals surface area contributed by atoms with E-state index in [4.69, 9.17) is 0 Å². The van der Waals surface area contributed by atoms with Crippen LogP contribution in [0.3, 0.4) is 0 Å². The number of anilines is 1.